The van der Waals surface area contributed by atoms with Gasteiger partial charge in [-0.25, -0.2) is 8.42 Å². The summed E-state index contributed by atoms with van der Waals surface area (Å²) in [5.74, 6) is 1.97. The molecule has 1 N–H and O–H groups in total. The van der Waals surface area contributed by atoms with Crippen LogP contribution in [0.15, 0.2) is 4.99 Å². The number of nitrogens with zero attached hydrogens (tertiary/aromatic N) is 1. The van der Waals surface area contributed by atoms with Crippen LogP contribution in [0.4, 0.5) is 0 Å². The van der Waals surface area contributed by atoms with Gasteiger partial charge in [-0.2, -0.15) is 0 Å². The van der Waals surface area contributed by atoms with Crippen LogP contribution < -0.4 is 5.32 Å². The Morgan fingerprint density at radius 3 is 2.82 bits per heavy atom. The molecule has 0 aliphatic carbocycles. The second-order valence-corrected chi connectivity index (χ2v) is 8.49. The van der Waals surface area contributed by atoms with Gasteiger partial charge in [0, 0.05) is 11.8 Å². The van der Waals surface area contributed by atoms with Gasteiger partial charge in [-0.1, -0.05) is 25.6 Å². The average Bonchev–Trinajstić information content (AvgIpc) is 2.81. The Labute approximate surface area is 108 Å². The predicted molar refractivity (Wildman–Crippen MR) is 73.3 cm³/mol. The molecule has 2 fully saturated rings. The molecule has 0 aromatic heterocycles. The monoisotopic (exact) mass is 276 g/mol. The zero-order valence-corrected chi connectivity index (χ0v) is 12.0. The molecule has 0 amide bonds. The molecule has 98 valence electrons. The largest absolute Gasteiger partial charge is 0.361 e. The van der Waals surface area contributed by atoms with E-state index in [1.54, 1.807) is 11.8 Å². The predicted octanol–water partition coefficient (Wildman–Crippen LogP) is 1.28. The van der Waals surface area contributed by atoms with Crippen LogP contribution in [-0.2, 0) is 9.84 Å². The molecular weight excluding hydrogens is 256 g/mol. The Morgan fingerprint density at radius 2 is 2.29 bits per heavy atom. The molecule has 2 rings (SSSR count). The minimum Gasteiger partial charge on any atom is -0.361 e. The second-order valence-electron chi connectivity index (χ2n) is 5.08. The maximum absolute atomic E-state index is 11.6. The molecule has 2 aliphatic rings. The van der Waals surface area contributed by atoms with Crippen molar-refractivity contribution in [2.75, 3.05) is 18.1 Å². The molecular formula is C11H20N2O2S2. The van der Waals surface area contributed by atoms with Gasteiger partial charge in [0.05, 0.1) is 17.5 Å². The van der Waals surface area contributed by atoms with Gasteiger partial charge in [-0.3, -0.25) is 4.99 Å². The smallest absolute Gasteiger partial charge is 0.156 e. The lowest BCUT2D eigenvalue weighted by atomic mass is 10.1. The number of sulfone groups is 1. The van der Waals surface area contributed by atoms with Gasteiger partial charge in [0.15, 0.2) is 15.0 Å². The number of amidine groups is 1. The van der Waals surface area contributed by atoms with E-state index in [2.05, 4.69) is 24.2 Å². The van der Waals surface area contributed by atoms with E-state index in [-0.39, 0.29) is 5.25 Å². The topological polar surface area (TPSA) is 58.5 Å². The maximum atomic E-state index is 11.6. The van der Waals surface area contributed by atoms with E-state index in [0.29, 0.717) is 24.3 Å². The van der Waals surface area contributed by atoms with E-state index >= 15 is 0 Å². The van der Waals surface area contributed by atoms with E-state index < -0.39 is 9.84 Å². The van der Waals surface area contributed by atoms with Gasteiger partial charge in [0.2, 0.25) is 0 Å². The van der Waals surface area contributed by atoms with E-state index in [1.165, 1.54) is 0 Å². The van der Waals surface area contributed by atoms with Crippen molar-refractivity contribution >= 4 is 26.8 Å². The molecule has 2 saturated heterocycles. The van der Waals surface area contributed by atoms with Crippen LogP contribution in [0.2, 0.25) is 0 Å². The SMILES string of the molecule is CC(C)[C@H]1CSC(=NCC2CCCS2(=O)=O)N1. The zero-order valence-electron chi connectivity index (χ0n) is 10.3. The number of nitrogens with one attached hydrogen (secondary N) is 1. The maximum Gasteiger partial charge on any atom is 0.156 e. The Bertz CT molecular complexity index is 404. The Hall–Kier alpha value is -0.230. The van der Waals surface area contributed by atoms with Crippen LogP contribution in [0.25, 0.3) is 0 Å². The molecule has 4 nitrogen and oxygen atoms in total. The van der Waals surface area contributed by atoms with Crippen molar-refractivity contribution in [2.45, 2.75) is 38.0 Å². The molecule has 2 heterocycles. The number of rotatable bonds is 3. The summed E-state index contributed by atoms with van der Waals surface area (Å²) in [5, 5.41) is 4.04. The molecule has 1 unspecified atom stereocenters. The average molecular weight is 276 g/mol. The first-order valence-corrected chi connectivity index (χ1v) is 8.84. The standard InChI is InChI=1S/C11H20N2O2S2/c1-8(2)10-7-16-11(13-10)12-6-9-4-3-5-17(9,14)15/h8-10H,3-7H2,1-2H3,(H,12,13)/t9?,10-/m1/s1. The first kappa shape index (κ1) is 13.2. The summed E-state index contributed by atoms with van der Waals surface area (Å²) in [7, 11) is -2.85. The minimum atomic E-state index is -2.85. The van der Waals surface area contributed by atoms with Gasteiger partial charge in [-0.15, -0.1) is 0 Å². The second kappa shape index (κ2) is 5.18. The van der Waals surface area contributed by atoms with Gasteiger partial charge < -0.3 is 5.32 Å². The van der Waals surface area contributed by atoms with Gasteiger partial charge >= 0.3 is 0 Å². The molecule has 0 bridgehead atoms. The van der Waals surface area contributed by atoms with Crippen molar-refractivity contribution in [3.8, 4) is 0 Å². The lowest BCUT2D eigenvalue weighted by Gasteiger charge is -2.13. The van der Waals surface area contributed by atoms with Crippen molar-refractivity contribution in [1.82, 2.24) is 5.32 Å². The number of aliphatic imine (C=N–C) groups is 1. The summed E-state index contributed by atoms with van der Waals surface area (Å²) in [4.78, 5) is 4.42. The molecule has 6 heteroatoms. The van der Waals surface area contributed by atoms with Crippen LogP contribution in [0.5, 0.6) is 0 Å². The number of hydrogen-bond acceptors (Lipinski definition) is 4. The highest BCUT2D eigenvalue weighted by Gasteiger charge is 2.31. The summed E-state index contributed by atoms with van der Waals surface area (Å²) in [6, 6.07) is 0.471. The lowest BCUT2D eigenvalue weighted by Crippen LogP contribution is -2.32. The molecule has 17 heavy (non-hydrogen) atoms. The molecule has 0 spiro atoms. The highest BCUT2D eigenvalue weighted by Crippen LogP contribution is 2.22. The van der Waals surface area contributed by atoms with Gasteiger partial charge in [-0.05, 0) is 18.8 Å². The lowest BCUT2D eigenvalue weighted by molar-refractivity contribution is 0.503. The van der Waals surface area contributed by atoms with E-state index in [1.807, 2.05) is 0 Å². The summed E-state index contributed by atoms with van der Waals surface area (Å²) >= 11 is 1.71. The van der Waals surface area contributed by atoms with Crippen molar-refractivity contribution in [3.05, 3.63) is 0 Å². The van der Waals surface area contributed by atoms with E-state index in [0.717, 1.165) is 23.8 Å². The molecule has 0 aromatic rings. The van der Waals surface area contributed by atoms with Gasteiger partial charge in [0.25, 0.3) is 0 Å². The van der Waals surface area contributed by atoms with Crippen molar-refractivity contribution in [2.24, 2.45) is 10.9 Å². The minimum absolute atomic E-state index is 0.240. The molecule has 0 saturated carbocycles. The number of thioether (sulfide) groups is 1. The third-order valence-electron chi connectivity index (χ3n) is 3.41. The highest BCUT2D eigenvalue weighted by molar-refractivity contribution is 8.14. The summed E-state index contributed by atoms with van der Waals surface area (Å²) < 4.78 is 23.3. The molecule has 2 aliphatic heterocycles. The fourth-order valence-electron chi connectivity index (χ4n) is 2.11. The Kier molecular flexibility index (Phi) is 4.02. The van der Waals surface area contributed by atoms with Crippen LogP contribution >= 0.6 is 11.8 Å². The molecule has 0 aromatic carbocycles. The van der Waals surface area contributed by atoms with Crippen molar-refractivity contribution in [1.29, 1.82) is 0 Å². The molecule has 2 atom stereocenters. The van der Waals surface area contributed by atoms with Crippen molar-refractivity contribution < 1.29 is 8.42 Å². The normalized spacial score (nSPS) is 34.4. The summed E-state index contributed by atoms with van der Waals surface area (Å²) in [5.41, 5.74) is 0. The quantitative estimate of drug-likeness (QED) is 0.843. The van der Waals surface area contributed by atoms with Crippen molar-refractivity contribution in [3.63, 3.8) is 0 Å². The van der Waals surface area contributed by atoms with Gasteiger partial charge in [0.1, 0.15) is 0 Å². The first-order chi connectivity index (χ1) is 7.99. The van der Waals surface area contributed by atoms with E-state index in [4.69, 9.17) is 0 Å². The van der Waals surface area contributed by atoms with E-state index in [9.17, 15) is 8.42 Å². The number of hydrogen-bond donors (Lipinski definition) is 1. The van der Waals surface area contributed by atoms with Crippen LogP contribution in [0.1, 0.15) is 26.7 Å². The van der Waals surface area contributed by atoms with Crippen LogP contribution in [0, 0.1) is 5.92 Å². The van der Waals surface area contributed by atoms with Crippen LogP contribution in [-0.4, -0.2) is 42.9 Å². The Morgan fingerprint density at radius 1 is 1.53 bits per heavy atom. The molecule has 0 radical (unpaired) electrons. The first-order valence-electron chi connectivity index (χ1n) is 6.14. The highest BCUT2D eigenvalue weighted by atomic mass is 32.2. The Balaban J connectivity index is 1.90. The zero-order chi connectivity index (χ0) is 12.5. The summed E-state index contributed by atoms with van der Waals surface area (Å²) in [6.07, 6.45) is 1.57. The fraction of sp³-hybridized carbons (Fsp3) is 0.909. The summed E-state index contributed by atoms with van der Waals surface area (Å²) in [6.45, 7) is 4.80. The third kappa shape index (κ3) is 3.16. The third-order valence-corrected chi connectivity index (χ3v) is 6.72. The van der Waals surface area contributed by atoms with Crippen LogP contribution in [0.3, 0.4) is 0 Å². The fourth-order valence-corrected chi connectivity index (χ4v) is 5.05.